The van der Waals surface area contributed by atoms with Crippen LogP contribution < -0.4 is 11.1 Å². The van der Waals surface area contributed by atoms with E-state index >= 15 is 0 Å². The van der Waals surface area contributed by atoms with Crippen LogP contribution in [0.25, 0.3) is 0 Å². The van der Waals surface area contributed by atoms with E-state index in [0.29, 0.717) is 6.54 Å². The van der Waals surface area contributed by atoms with Crippen molar-refractivity contribution < 1.29 is 4.74 Å². The van der Waals surface area contributed by atoms with Crippen molar-refractivity contribution in [2.24, 2.45) is 5.73 Å². The van der Waals surface area contributed by atoms with Crippen molar-refractivity contribution in [3.63, 3.8) is 0 Å². The minimum atomic E-state index is -0.0362. The number of hydrogen-bond acceptors (Lipinski definition) is 4. The molecule has 2 atom stereocenters. The molecular weight excluding hydrogens is 226 g/mol. The highest BCUT2D eigenvalue weighted by Crippen LogP contribution is 2.25. The van der Waals surface area contributed by atoms with E-state index in [1.54, 1.807) is 0 Å². The maximum absolute atomic E-state index is 5.84. The van der Waals surface area contributed by atoms with Crippen LogP contribution in [0, 0.1) is 6.92 Å². The van der Waals surface area contributed by atoms with Gasteiger partial charge in [-0.3, -0.25) is 4.98 Å². The first kappa shape index (κ1) is 13.5. The van der Waals surface area contributed by atoms with E-state index in [4.69, 9.17) is 10.5 Å². The van der Waals surface area contributed by atoms with Gasteiger partial charge < -0.3 is 15.8 Å². The van der Waals surface area contributed by atoms with Crippen LogP contribution >= 0.6 is 0 Å². The van der Waals surface area contributed by atoms with Crippen molar-refractivity contribution in [3.05, 3.63) is 29.6 Å². The van der Waals surface area contributed by atoms with Crippen molar-refractivity contribution in [1.29, 1.82) is 0 Å². The molecule has 0 saturated carbocycles. The molecule has 100 valence electrons. The Kier molecular flexibility index (Phi) is 4.32. The van der Waals surface area contributed by atoms with E-state index in [-0.39, 0.29) is 11.6 Å². The molecule has 2 unspecified atom stereocenters. The molecular formula is C14H23N3O. The zero-order valence-electron chi connectivity index (χ0n) is 11.3. The number of nitrogens with zero attached hydrogens (tertiary/aromatic N) is 1. The normalized spacial score (nSPS) is 25.3. The molecule has 2 heterocycles. The van der Waals surface area contributed by atoms with Gasteiger partial charge >= 0.3 is 0 Å². The highest BCUT2D eigenvalue weighted by molar-refractivity contribution is 5.17. The maximum atomic E-state index is 5.84. The van der Waals surface area contributed by atoms with E-state index in [9.17, 15) is 0 Å². The number of ether oxygens (including phenoxy) is 1. The Balaban J connectivity index is 1.95. The Morgan fingerprint density at radius 1 is 1.56 bits per heavy atom. The third-order valence-electron chi connectivity index (χ3n) is 3.60. The molecule has 1 saturated heterocycles. The molecule has 3 N–H and O–H groups in total. The van der Waals surface area contributed by atoms with Gasteiger partial charge in [0.15, 0.2) is 0 Å². The Labute approximate surface area is 109 Å². The van der Waals surface area contributed by atoms with E-state index in [1.165, 1.54) is 0 Å². The van der Waals surface area contributed by atoms with Gasteiger partial charge in [-0.15, -0.1) is 0 Å². The van der Waals surface area contributed by atoms with Crippen LogP contribution in [0.4, 0.5) is 0 Å². The summed E-state index contributed by atoms with van der Waals surface area (Å²) in [6.45, 7) is 6.43. The van der Waals surface area contributed by atoms with Gasteiger partial charge in [0, 0.05) is 37.6 Å². The number of pyridine rings is 1. The molecule has 0 aromatic carbocycles. The molecule has 1 aromatic rings. The molecule has 18 heavy (non-hydrogen) atoms. The fourth-order valence-electron chi connectivity index (χ4n) is 2.34. The summed E-state index contributed by atoms with van der Waals surface area (Å²) in [6, 6.07) is 4.26. The minimum Gasteiger partial charge on any atom is -0.374 e. The lowest BCUT2D eigenvalue weighted by atomic mass is 10.0. The number of rotatable bonds is 5. The summed E-state index contributed by atoms with van der Waals surface area (Å²) in [4.78, 5) is 4.32. The molecule has 1 aromatic heterocycles. The lowest BCUT2D eigenvalue weighted by Gasteiger charge is -2.27. The van der Waals surface area contributed by atoms with Gasteiger partial charge in [-0.05, 0) is 38.3 Å². The summed E-state index contributed by atoms with van der Waals surface area (Å²) in [5.41, 5.74) is 7.98. The zero-order valence-corrected chi connectivity index (χ0v) is 11.3. The molecule has 0 radical (unpaired) electrons. The van der Waals surface area contributed by atoms with E-state index in [1.807, 2.05) is 19.2 Å². The minimum absolute atomic E-state index is 0.0362. The predicted molar refractivity (Wildman–Crippen MR) is 72.4 cm³/mol. The molecule has 1 aliphatic rings. The predicted octanol–water partition coefficient (Wildman–Crippen LogP) is 1.55. The first-order valence-electron chi connectivity index (χ1n) is 6.63. The number of nitrogens with one attached hydrogen (secondary N) is 1. The van der Waals surface area contributed by atoms with Crippen molar-refractivity contribution in [3.8, 4) is 0 Å². The molecule has 0 bridgehead atoms. The third-order valence-corrected chi connectivity index (χ3v) is 3.60. The van der Waals surface area contributed by atoms with Crippen LogP contribution in [0.3, 0.4) is 0 Å². The topological polar surface area (TPSA) is 60.2 Å². The van der Waals surface area contributed by atoms with Crippen LogP contribution in [0.5, 0.6) is 0 Å². The van der Waals surface area contributed by atoms with Gasteiger partial charge in [0.25, 0.3) is 0 Å². The Bertz CT molecular complexity index is 371. The van der Waals surface area contributed by atoms with Crippen LogP contribution in [0.1, 0.15) is 37.1 Å². The van der Waals surface area contributed by atoms with Gasteiger partial charge in [-0.1, -0.05) is 6.07 Å². The number of aromatic nitrogens is 1. The van der Waals surface area contributed by atoms with Crippen LogP contribution in [-0.4, -0.2) is 30.3 Å². The van der Waals surface area contributed by atoms with Crippen molar-refractivity contribution in [2.45, 2.75) is 38.3 Å². The summed E-state index contributed by atoms with van der Waals surface area (Å²) < 4.78 is 5.77. The fraction of sp³-hybridized carbons (Fsp3) is 0.643. The van der Waals surface area contributed by atoms with Crippen LogP contribution in [0.15, 0.2) is 18.3 Å². The average molecular weight is 249 g/mol. The van der Waals surface area contributed by atoms with Crippen molar-refractivity contribution in [1.82, 2.24) is 10.3 Å². The van der Waals surface area contributed by atoms with Gasteiger partial charge in [0.05, 0.1) is 5.60 Å². The lowest BCUT2D eigenvalue weighted by Crippen LogP contribution is -2.41. The van der Waals surface area contributed by atoms with Crippen LogP contribution in [0.2, 0.25) is 0 Å². The zero-order chi connectivity index (χ0) is 13.0. The molecule has 0 amide bonds. The summed E-state index contributed by atoms with van der Waals surface area (Å²) >= 11 is 0. The summed E-state index contributed by atoms with van der Waals surface area (Å²) in [5.74, 6) is 0. The third kappa shape index (κ3) is 3.28. The Morgan fingerprint density at radius 2 is 2.39 bits per heavy atom. The molecule has 4 heteroatoms. The van der Waals surface area contributed by atoms with Crippen molar-refractivity contribution in [2.75, 3.05) is 19.7 Å². The lowest BCUT2D eigenvalue weighted by molar-refractivity contribution is 0.0189. The highest BCUT2D eigenvalue weighted by atomic mass is 16.5. The molecule has 1 fully saturated rings. The molecule has 0 spiro atoms. The maximum Gasteiger partial charge on any atom is 0.0779 e. The Morgan fingerprint density at radius 3 is 2.94 bits per heavy atom. The molecule has 0 aliphatic carbocycles. The largest absolute Gasteiger partial charge is 0.374 e. The molecule has 4 nitrogen and oxygen atoms in total. The van der Waals surface area contributed by atoms with Crippen molar-refractivity contribution >= 4 is 0 Å². The summed E-state index contributed by atoms with van der Waals surface area (Å²) in [5, 5.41) is 3.50. The monoisotopic (exact) mass is 249 g/mol. The quantitative estimate of drug-likeness (QED) is 0.831. The second kappa shape index (κ2) is 5.78. The second-order valence-corrected chi connectivity index (χ2v) is 5.30. The SMILES string of the molecule is Cc1ccc(C(CN)NCC2(C)CCCO2)cn1. The van der Waals surface area contributed by atoms with E-state index in [2.05, 4.69) is 23.3 Å². The first-order valence-corrected chi connectivity index (χ1v) is 6.63. The second-order valence-electron chi connectivity index (χ2n) is 5.30. The van der Waals surface area contributed by atoms with E-state index < -0.39 is 0 Å². The summed E-state index contributed by atoms with van der Waals surface area (Å²) in [7, 11) is 0. The van der Waals surface area contributed by atoms with Gasteiger partial charge in [-0.2, -0.15) is 0 Å². The Hall–Kier alpha value is -0.970. The first-order chi connectivity index (χ1) is 8.63. The number of nitrogens with two attached hydrogens (primary N) is 1. The van der Waals surface area contributed by atoms with Gasteiger partial charge in [-0.25, -0.2) is 0 Å². The number of aryl methyl sites for hydroxylation is 1. The summed E-state index contributed by atoms with van der Waals surface area (Å²) in [6.07, 6.45) is 4.17. The van der Waals surface area contributed by atoms with Crippen LogP contribution in [-0.2, 0) is 4.74 Å². The number of hydrogen-bond donors (Lipinski definition) is 2. The van der Waals surface area contributed by atoms with Gasteiger partial charge in [0.1, 0.15) is 0 Å². The van der Waals surface area contributed by atoms with Gasteiger partial charge in [0.2, 0.25) is 0 Å². The molecule has 2 rings (SSSR count). The fourth-order valence-corrected chi connectivity index (χ4v) is 2.34. The molecule has 1 aliphatic heterocycles. The van der Waals surface area contributed by atoms with E-state index in [0.717, 1.165) is 37.3 Å². The highest BCUT2D eigenvalue weighted by Gasteiger charge is 2.30. The average Bonchev–Trinajstić information content (AvgIpc) is 2.79. The standard InChI is InChI=1S/C14H23N3O/c1-11-4-5-12(9-16-11)13(8-15)17-10-14(2)6-3-7-18-14/h4-5,9,13,17H,3,6-8,10,15H2,1-2H3. The smallest absolute Gasteiger partial charge is 0.0779 e.